The summed E-state index contributed by atoms with van der Waals surface area (Å²) in [5.74, 6) is 0. The van der Waals surface area contributed by atoms with Gasteiger partial charge in [0.1, 0.15) is 0 Å². The number of rotatable bonds is 5. The van der Waals surface area contributed by atoms with Crippen molar-refractivity contribution in [3.05, 3.63) is 35.3 Å². The highest BCUT2D eigenvalue weighted by Crippen LogP contribution is 2.33. The highest BCUT2D eigenvalue weighted by molar-refractivity contribution is 8.03. The Balaban J connectivity index is 2.09. The molecule has 0 aliphatic carbocycles. The van der Waals surface area contributed by atoms with Crippen molar-refractivity contribution in [3.8, 4) is 0 Å². The Kier molecular flexibility index (Phi) is 5.72. The topological polar surface area (TPSA) is 26.0 Å². The van der Waals surface area contributed by atoms with Crippen LogP contribution in [0.1, 0.15) is 26.2 Å². The van der Waals surface area contributed by atoms with Crippen LogP contribution in [0.4, 0.5) is 0 Å². The van der Waals surface area contributed by atoms with Crippen LogP contribution < -0.4 is 5.73 Å². The lowest BCUT2D eigenvalue weighted by molar-refractivity contribution is 0.906. The van der Waals surface area contributed by atoms with Crippen LogP contribution in [0.5, 0.6) is 0 Å². The maximum atomic E-state index is 5.37. The number of allylic oxidation sites excluding steroid dienone is 5. The minimum absolute atomic E-state index is 0.742. The van der Waals surface area contributed by atoms with Gasteiger partial charge in [-0.1, -0.05) is 30.4 Å². The molecule has 1 atom stereocenters. The van der Waals surface area contributed by atoms with Crippen LogP contribution in [-0.2, 0) is 0 Å². The zero-order valence-electron chi connectivity index (χ0n) is 8.78. The van der Waals surface area contributed by atoms with Gasteiger partial charge in [-0.25, -0.2) is 0 Å². The average Bonchev–Trinajstić information content (AvgIpc) is 2.58. The summed E-state index contributed by atoms with van der Waals surface area (Å²) in [4.78, 5) is 1.47. The first-order valence-electron chi connectivity index (χ1n) is 5.18. The molecule has 0 aromatic rings. The van der Waals surface area contributed by atoms with Crippen LogP contribution >= 0.6 is 11.8 Å². The van der Waals surface area contributed by atoms with E-state index in [9.17, 15) is 0 Å². The third-order valence-corrected chi connectivity index (χ3v) is 3.39. The van der Waals surface area contributed by atoms with Crippen molar-refractivity contribution in [2.45, 2.75) is 31.4 Å². The summed E-state index contributed by atoms with van der Waals surface area (Å²) in [6.07, 6.45) is 14.3. The maximum absolute atomic E-state index is 5.37. The third kappa shape index (κ3) is 4.68. The minimum Gasteiger partial charge on any atom is -0.330 e. The van der Waals surface area contributed by atoms with Gasteiger partial charge in [0, 0.05) is 5.25 Å². The fraction of sp³-hybridized carbons (Fsp3) is 0.500. The molecule has 2 N–H and O–H groups in total. The molecule has 0 bridgehead atoms. The van der Waals surface area contributed by atoms with Crippen LogP contribution in [0.3, 0.4) is 0 Å². The molecule has 0 fully saturated rings. The predicted molar refractivity (Wildman–Crippen MR) is 66.3 cm³/mol. The quantitative estimate of drug-likeness (QED) is 0.703. The highest BCUT2D eigenvalue weighted by atomic mass is 32.2. The molecule has 0 aromatic heterocycles. The zero-order chi connectivity index (χ0) is 10.2. The molecule has 0 amide bonds. The van der Waals surface area contributed by atoms with Crippen LogP contribution in [0, 0.1) is 0 Å². The van der Waals surface area contributed by atoms with Gasteiger partial charge < -0.3 is 5.73 Å². The Labute approximate surface area is 91.1 Å². The summed E-state index contributed by atoms with van der Waals surface area (Å²) in [6, 6.07) is 0. The van der Waals surface area contributed by atoms with Gasteiger partial charge in [0.25, 0.3) is 0 Å². The normalized spacial score (nSPS) is 22.4. The minimum atomic E-state index is 0.742. The molecule has 14 heavy (non-hydrogen) atoms. The van der Waals surface area contributed by atoms with Crippen LogP contribution in [0.25, 0.3) is 0 Å². The number of hydrogen-bond donors (Lipinski definition) is 1. The van der Waals surface area contributed by atoms with Crippen LogP contribution in [-0.4, -0.2) is 11.8 Å². The summed E-state index contributed by atoms with van der Waals surface area (Å²) < 4.78 is 0. The molecule has 1 heterocycles. The highest BCUT2D eigenvalue weighted by Gasteiger charge is 2.12. The van der Waals surface area contributed by atoms with Gasteiger partial charge in [0.15, 0.2) is 0 Å². The Bertz CT molecular complexity index is 241. The van der Waals surface area contributed by atoms with Gasteiger partial charge in [-0.2, -0.15) is 0 Å². The Morgan fingerprint density at radius 1 is 1.50 bits per heavy atom. The van der Waals surface area contributed by atoms with Crippen molar-refractivity contribution >= 4 is 11.8 Å². The van der Waals surface area contributed by atoms with E-state index in [4.69, 9.17) is 5.73 Å². The molecule has 0 radical (unpaired) electrons. The summed E-state index contributed by atoms with van der Waals surface area (Å²) >= 11 is 2.00. The second-order valence-corrected chi connectivity index (χ2v) is 5.01. The Morgan fingerprint density at radius 2 is 2.29 bits per heavy atom. The Morgan fingerprint density at radius 3 is 2.93 bits per heavy atom. The largest absolute Gasteiger partial charge is 0.330 e. The molecular weight excluding hydrogens is 190 g/mol. The predicted octanol–water partition coefficient (Wildman–Crippen LogP) is 3.25. The van der Waals surface area contributed by atoms with E-state index < -0.39 is 0 Å². The maximum Gasteiger partial charge on any atom is 0.0160 e. The lowest BCUT2D eigenvalue weighted by atomic mass is 10.2. The molecule has 0 saturated carbocycles. The molecule has 1 unspecified atom stereocenters. The van der Waals surface area contributed by atoms with Crippen molar-refractivity contribution in [1.29, 1.82) is 0 Å². The average molecular weight is 209 g/mol. The van der Waals surface area contributed by atoms with E-state index in [1.165, 1.54) is 17.7 Å². The standard InChI is InChI=1S/C12H19NS/c1-11-8-9-12(14-11)7-5-3-2-4-6-10-13/h2-5,8,12H,6-7,9-10,13H2,1H3/b4-2-,5-3-. The number of thioether (sulfide) groups is 1. The zero-order valence-corrected chi connectivity index (χ0v) is 9.59. The second kappa shape index (κ2) is 6.91. The molecule has 2 heteroatoms. The fourth-order valence-electron chi connectivity index (χ4n) is 1.38. The second-order valence-electron chi connectivity index (χ2n) is 3.46. The summed E-state index contributed by atoms with van der Waals surface area (Å²) in [7, 11) is 0. The monoisotopic (exact) mass is 209 g/mol. The van der Waals surface area contributed by atoms with E-state index in [1.807, 2.05) is 11.8 Å². The molecule has 1 rings (SSSR count). The number of hydrogen-bond acceptors (Lipinski definition) is 2. The summed E-state index contributed by atoms with van der Waals surface area (Å²) in [5.41, 5.74) is 5.37. The molecule has 1 aliphatic rings. The number of nitrogens with two attached hydrogens (primary N) is 1. The molecule has 1 nitrogen and oxygen atoms in total. The van der Waals surface area contributed by atoms with Gasteiger partial charge >= 0.3 is 0 Å². The first-order valence-corrected chi connectivity index (χ1v) is 6.06. The van der Waals surface area contributed by atoms with Crippen LogP contribution in [0.2, 0.25) is 0 Å². The smallest absolute Gasteiger partial charge is 0.0160 e. The molecule has 1 aliphatic heterocycles. The third-order valence-electron chi connectivity index (χ3n) is 2.14. The van der Waals surface area contributed by atoms with Gasteiger partial charge in [0.05, 0.1) is 0 Å². The van der Waals surface area contributed by atoms with Crippen molar-refractivity contribution in [1.82, 2.24) is 0 Å². The van der Waals surface area contributed by atoms with E-state index in [0.717, 1.165) is 18.2 Å². The van der Waals surface area contributed by atoms with Gasteiger partial charge in [-0.05, 0) is 37.6 Å². The molecule has 0 aromatic carbocycles. The van der Waals surface area contributed by atoms with Crippen molar-refractivity contribution < 1.29 is 0 Å². The first-order chi connectivity index (χ1) is 6.83. The van der Waals surface area contributed by atoms with E-state index >= 15 is 0 Å². The molecule has 0 spiro atoms. The lowest BCUT2D eigenvalue weighted by Gasteiger charge is -2.03. The van der Waals surface area contributed by atoms with Crippen molar-refractivity contribution in [3.63, 3.8) is 0 Å². The lowest BCUT2D eigenvalue weighted by Crippen LogP contribution is -1.95. The molecule has 78 valence electrons. The van der Waals surface area contributed by atoms with Gasteiger partial charge in [-0.15, -0.1) is 11.8 Å². The first kappa shape index (κ1) is 11.6. The van der Waals surface area contributed by atoms with Crippen LogP contribution in [0.15, 0.2) is 35.3 Å². The summed E-state index contributed by atoms with van der Waals surface area (Å²) in [6.45, 7) is 2.93. The van der Waals surface area contributed by atoms with Gasteiger partial charge in [-0.3, -0.25) is 0 Å². The van der Waals surface area contributed by atoms with E-state index in [-0.39, 0.29) is 0 Å². The fourth-order valence-corrected chi connectivity index (χ4v) is 2.50. The van der Waals surface area contributed by atoms with E-state index in [0.29, 0.717) is 0 Å². The summed E-state index contributed by atoms with van der Waals surface area (Å²) in [5, 5.41) is 0.772. The SMILES string of the molecule is CC1=CCC(C/C=C\C=C/CCN)S1. The van der Waals surface area contributed by atoms with Crippen molar-refractivity contribution in [2.24, 2.45) is 5.73 Å². The molecule has 0 saturated heterocycles. The van der Waals surface area contributed by atoms with E-state index in [2.05, 4.69) is 37.3 Å². The molecular formula is C12H19NS. The van der Waals surface area contributed by atoms with Gasteiger partial charge in [0.2, 0.25) is 0 Å². The Hall–Kier alpha value is -0.470. The van der Waals surface area contributed by atoms with E-state index in [1.54, 1.807) is 0 Å². The van der Waals surface area contributed by atoms with Crippen molar-refractivity contribution in [2.75, 3.05) is 6.54 Å².